The Balaban J connectivity index is 3.67. The molecule has 0 aliphatic heterocycles. The maximum atomic E-state index is 12.1. The average Bonchev–Trinajstić information content (AvgIpc) is 3.07. The molecule has 0 fully saturated rings. The van der Waals surface area contributed by atoms with Crippen molar-refractivity contribution in [3.8, 4) is 0 Å². The van der Waals surface area contributed by atoms with Gasteiger partial charge in [0.25, 0.3) is 0 Å². The molecule has 0 saturated carbocycles. The van der Waals surface area contributed by atoms with Crippen LogP contribution in [0, 0.1) is 0 Å². The quantitative estimate of drug-likeness (QED) is 0.0405. The highest BCUT2D eigenvalue weighted by Gasteiger charge is 2.16. The summed E-state index contributed by atoms with van der Waals surface area (Å²) in [5.74, 6) is -0.673. The summed E-state index contributed by atoms with van der Waals surface area (Å²) in [6.07, 6.45) is 42.6. The highest BCUT2D eigenvalue weighted by atomic mass is 16.6. The monoisotopic (exact) mass is 661 g/mol. The standard InChI is InChI=1S/C41H72O6/c1-3-5-6-7-8-9-10-11-12-16-19-22-25-28-31-34-40(44)46-37-39(36-42)47-41(45)35-32-29-26-23-20-17-14-13-15-18-21-24-27-30-33-38(43)4-2/h14-15,17-18,23-24,26-27,38-39,42-43H,3-13,16,19-22,25,28-37H2,1-2H3/b17-14-,18-15-,26-23-,27-24-/t38-,39+/m1/s1. The Kier molecular flexibility index (Phi) is 35.0. The number of ether oxygens (including phenoxy) is 2. The summed E-state index contributed by atoms with van der Waals surface area (Å²) in [5.41, 5.74) is 0. The predicted octanol–water partition coefficient (Wildman–Crippen LogP) is 10.8. The van der Waals surface area contributed by atoms with Crippen LogP contribution in [-0.2, 0) is 19.1 Å². The van der Waals surface area contributed by atoms with Crippen LogP contribution >= 0.6 is 0 Å². The van der Waals surface area contributed by atoms with Crippen LogP contribution < -0.4 is 0 Å². The van der Waals surface area contributed by atoms with Crippen LogP contribution in [0.25, 0.3) is 0 Å². The summed E-state index contributed by atoms with van der Waals surface area (Å²) in [5, 5.41) is 19.1. The molecule has 2 atom stereocenters. The average molecular weight is 661 g/mol. The molecule has 0 bridgehead atoms. The number of unbranched alkanes of at least 4 members (excludes halogenated alkanes) is 15. The number of hydrogen-bond acceptors (Lipinski definition) is 6. The van der Waals surface area contributed by atoms with E-state index in [-0.39, 0.29) is 37.7 Å². The molecule has 272 valence electrons. The normalized spacial score (nSPS) is 13.4. The van der Waals surface area contributed by atoms with Crippen molar-refractivity contribution in [2.75, 3.05) is 13.2 Å². The van der Waals surface area contributed by atoms with Crippen LogP contribution in [0.1, 0.15) is 174 Å². The lowest BCUT2D eigenvalue weighted by atomic mass is 10.0. The number of aliphatic hydroxyl groups is 2. The summed E-state index contributed by atoms with van der Waals surface area (Å²) < 4.78 is 10.5. The maximum absolute atomic E-state index is 12.1. The van der Waals surface area contributed by atoms with E-state index < -0.39 is 6.10 Å². The van der Waals surface area contributed by atoms with Gasteiger partial charge in [-0.25, -0.2) is 0 Å². The number of hydrogen-bond donors (Lipinski definition) is 2. The molecule has 0 radical (unpaired) electrons. The lowest BCUT2D eigenvalue weighted by molar-refractivity contribution is -0.161. The first kappa shape index (κ1) is 44.8. The SMILES string of the molecule is CCCCCCCCCCCCCCCCCC(=O)OC[C@H](CO)OC(=O)CCC/C=C\C/C=C\C/C=C\C/C=C\CC[C@H](O)CC. The third-order valence-corrected chi connectivity index (χ3v) is 8.29. The molecule has 0 amide bonds. The molecule has 0 rings (SSSR count). The summed E-state index contributed by atoms with van der Waals surface area (Å²) >= 11 is 0. The summed E-state index contributed by atoms with van der Waals surface area (Å²) in [6.45, 7) is 3.81. The molecule has 0 aromatic rings. The second-order valence-electron chi connectivity index (χ2n) is 12.8. The fraction of sp³-hybridized carbons (Fsp3) is 0.756. The van der Waals surface area contributed by atoms with E-state index in [0.717, 1.165) is 64.2 Å². The van der Waals surface area contributed by atoms with Crippen LogP contribution in [-0.4, -0.2) is 47.6 Å². The van der Waals surface area contributed by atoms with Gasteiger partial charge in [0.05, 0.1) is 12.7 Å². The number of rotatable bonds is 34. The number of allylic oxidation sites excluding steroid dienone is 8. The smallest absolute Gasteiger partial charge is 0.306 e. The van der Waals surface area contributed by atoms with Gasteiger partial charge in [-0.3, -0.25) is 9.59 Å². The maximum Gasteiger partial charge on any atom is 0.306 e. The van der Waals surface area contributed by atoms with Crippen LogP contribution in [0.2, 0.25) is 0 Å². The molecule has 2 N–H and O–H groups in total. The second kappa shape index (κ2) is 36.7. The number of carbonyl (C=O) groups is 2. The molecule has 6 nitrogen and oxygen atoms in total. The van der Waals surface area contributed by atoms with Crippen molar-refractivity contribution in [2.45, 2.75) is 187 Å². The Hall–Kier alpha value is -2.18. The van der Waals surface area contributed by atoms with E-state index in [2.05, 4.69) is 55.5 Å². The van der Waals surface area contributed by atoms with Crippen molar-refractivity contribution in [3.05, 3.63) is 48.6 Å². The minimum atomic E-state index is -0.807. The highest BCUT2D eigenvalue weighted by Crippen LogP contribution is 2.14. The van der Waals surface area contributed by atoms with E-state index in [9.17, 15) is 19.8 Å². The van der Waals surface area contributed by atoms with Gasteiger partial charge in [0.1, 0.15) is 6.61 Å². The van der Waals surface area contributed by atoms with Crippen molar-refractivity contribution in [2.24, 2.45) is 0 Å². The third-order valence-electron chi connectivity index (χ3n) is 8.29. The van der Waals surface area contributed by atoms with Gasteiger partial charge in [0, 0.05) is 12.8 Å². The van der Waals surface area contributed by atoms with Crippen LogP contribution in [0.15, 0.2) is 48.6 Å². The summed E-state index contributed by atoms with van der Waals surface area (Å²) in [4.78, 5) is 24.2. The van der Waals surface area contributed by atoms with E-state index in [4.69, 9.17) is 9.47 Å². The molecule has 0 spiro atoms. The highest BCUT2D eigenvalue weighted by molar-refractivity contribution is 5.70. The topological polar surface area (TPSA) is 93.1 Å². The van der Waals surface area contributed by atoms with Crippen molar-refractivity contribution >= 4 is 11.9 Å². The van der Waals surface area contributed by atoms with Crippen molar-refractivity contribution < 1.29 is 29.3 Å². The van der Waals surface area contributed by atoms with Crippen LogP contribution in [0.3, 0.4) is 0 Å². The van der Waals surface area contributed by atoms with Gasteiger partial charge in [-0.2, -0.15) is 0 Å². The van der Waals surface area contributed by atoms with Gasteiger partial charge >= 0.3 is 11.9 Å². The Morgan fingerprint density at radius 3 is 1.51 bits per heavy atom. The number of esters is 2. The van der Waals surface area contributed by atoms with Crippen molar-refractivity contribution in [3.63, 3.8) is 0 Å². The zero-order valence-electron chi connectivity index (χ0n) is 30.4. The van der Waals surface area contributed by atoms with Crippen molar-refractivity contribution in [1.29, 1.82) is 0 Å². The minimum Gasteiger partial charge on any atom is -0.462 e. The van der Waals surface area contributed by atoms with Crippen molar-refractivity contribution in [1.82, 2.24) is 0 Å². The Labute approximate surface area is 289 Å². The molecule has 0 aliphatic rings. The molecule has 0 heterocycles. The fourth-order valence-electron chi connectivity index (χ4n) is 5.17. The van der Waals surface area contributed by atoms with Crippen LogP contribution in [0.4, 0.5) is 0 Å². The van der Waals surface area contributed by atoms with Gasteiger partial charge in [0.2, 0.25) is 0 Å². The molecule has 0 saturated heterocycles. The van der Waals surface area contributed by atoms with E-state index in [0.29, 0.717) is 12.8 Å². The largest absolute Gasteiger partial charge is 0.462 e. The predicted molar refractivity (Wildman–Crippen MR) is 197 cm³/mol. The van der Waals surface area contributed by atoms with Gasteiger partial charge in [-0.15, -0.1) is 0 Å². The zero-order valence-corrected chi connectivity index (χ0v) is 30.4. The molecule has 0 aliphatic carbocycles. The van der Waals surface area contributed by atoms with E-state index in [1.807, 2.05) is 6.92 Å². The lowest BCUT2D eigenvalue weighted by Gasteiger charge is -2.15. The molecule has 6 heteroatoms. The summed E-state index contributed by atoms with van der Waals surface area (Å²) in [6, 6.07) is 0. The first-order valence-electron chi connectivity index (χ1n) is 19.3. The fourth-order valence-corrected chi connectivity index (χ4v) is 5.17. The molecular weight excluding hydrogens is 588 g/mol. The summed E-state index contributed by atoms with van der Waals surface area (Å²) in [7, 11) is 0. The Morgan fingerprint density at radius 2 is 1.02 bits per heavy atom. The van der Waals surface area contributed by atoms with Gasteiger partial charge in [-0.05, 0) is 57.8 Å². The van der Waals surface area contributed by atoms with E-state index in [1.165, 1.54) is 77.0 Å². The van der Waals surface area contributed by atoms with E-state index in [1.54, 1.807) is 0 Å². The third kappa shape index (κ3) is 35.0. The molecule has 0 unspecified atom stereocenters. The van der Waals surface area contributed by atoms with E-state index >= 15 is 0 Å². The van der Waals surface area contributed by atoms with Crippen LogP contribution in [0.5, 0.6) is 0 Å². The number of aliphatic hydroxyl groups excluding tert-OH is 2. The molecule has 0 aromatic heterocycles. The van der Waals surface area contributed by atoms with Gasteiger partial charge in [-0.1, -0.05) is 152 Å². The number of carbonyl (C=O) groups excluding carboxylic acids is 2. The molecular formula is C41H72O6. The molecule has 47 heavy (non-hydrogen) atoms. The second-order valence-corrected chi connectivity index (χ2v) is 12.8. The Morgan fingerprint density at radius 1 is 0.574 bits per heavy atom. The Bertz CT molecular complexity index is 815. The molecule has 0 aromatic carbocycles. The first-order chi connectivity index (χ1) is 23.0. The lowest BCUT2D eigenvalue weighted by Crippen LogP contribution is -2.28. The zero-order chi connectivity index (χ0) is 34.5. The van der Waals surface area contributed by atoms with Gasteiger partial charge in [0.15, 0.2) is 6.10 Å². The van der Waals surface area contributed by atoms with Gasteiger partial charge < -0.3 is 19.7 Å². The minimum absolute atomic E-state index is 0.0952. The first-order valence-corrected chi connectivity index (χ1v) is 19.3.